The van der Waals surface area contributed by atoms with Crippen molar-refractivity contribution in [3.63, 3.8) is 0 Å². The molecule has 0 unspecified atom stereocenters. The Morgan fingerprint density at radius 3 is 2.39 bits per heavy atom. The number of nitriles is 1. The molecule has 120 valence electrons. The molecule has 1 aromatic carbocycles. The summed E-state index contributed by atoms with van der Waals surface area (Å²) in [6.45, 7) is 0.464. The van der Waals surface area contributed by atoms with E-state index in [9.17, 15) is 4.79 Å². The van der Waals surface area contributed by atoms with Crippen LogP contribution in [-0.2, 0) is 4.79 Å². The van der Waals surface area contributed by atoms with Gasteiger partial charge in [-0.05, 0) is 49.1 Å². The van der Waals surface area contributed by atoms with Crippen LogP contribution in [0.1, 0.15) is 44.1 Å². The number of anilines is 1. The Kier molecular flexibility index (Phi) is 3.61. The number of carbonyl (C=O) groups excluding carboxylic acids is 1. The van der Waals surface area contributed by atoms with E-state index in [2.05, 4.69) is 16.7 Å². The molecule has 4 bridgehead atoms. The van der Waals surface area contributed by atoms with E-state index >= 15 is 0 Å². The zero-order valence-corrected chi connectivity index (χ0v) is 13.4. The molecule has 1 amide bonds. The summed E-state index contributed by atoms with van der Waals surface area (Å²) < 4.78 is 0. The highest BCUT2D eigenvalue weighted by Gasteiger charge is 2.53. The van der Waals surface area contributed by atoms with Crippen LogP contribution in [0.3, 0.4) is 0 Å². The van der Waals surface area contributed by atoms with Gasteiger partial charge in [-0.1, -0.05) is 12.1 Å². The van der Waals surface area contributed by atoms with Crippen molar-refractivity contribution in [3.05, 3.63) is 29.8 Å². The van der Waals surface area contributed by atoms with Crippen LogP contribution in [-0.4, -0.2) is 18.0 Å². The Morgan fingerprint density at radius 1 is 1.17 bits per heavy atom. The van der Waals surface area contributed by atoms with Gasteiger partial charge in [-0.15, -0.1) is 0 Å². The van der Waals surface area contributed by atoms with Crippen molar-refractivity contribution < 1.29 is 10.1 Å². The van der Waals surface area contributed by atoms with Gasteiger partial charge < -0.3 is 10.6 Å². The Labute approximate surface area is 137 Å². The van der Waals surface area contributed by atoms with Crippen LogP contribution in [0.5, 0.6) is 0 Å². The molecule has 4 aliphatic carbocycles. The molecular formula is C19H24N3O+. The molecule has 4 nitrogen and oxygen atoms in total. The molecule has 0 aliphatic heterocycles. The molecule has 4 saturated carbocycles. The number of nitrogens with one attached hydrogen (secondary N) is 1. The van der Waals surface area contributed by atoms with Gasteiger partial charge in [0.05, 0.1) is 16.8 Å². The third-order valence-corrected chi connectivity index (χ3v) is 6.13. The van der Waals surface area contributed by atoms with E-state index in [0.717, 1.165) is 17.8 Å². The number of hydrogen-bond donors (Lipinski definition) is 2. The first-order chi connectivity index (χ1) is 11.2. The highest BCUT2D eigenvalue weighted by atomic mass is 16.1. The fourth-order valence-electron chi connectivity index (χ4n) is 5.63. The summed E-state index contributed by atoms with van der Waals surface area (Å²) >= 11 is 0. The van der Waals surface area contributed by atoms with Crippen molar-refractivity contribution in [3.8, 4) is 6.07 Å². The number of para-hydroxylation sites is 1. The number of hydrogen-bond acceptors (Lipinski definition) is 2. The minimum absolute atomic E-state index is 0.00319. The Hall–Kier alpha value is -1.86. The SMILES string of the molecule is N#Cc1ccccc1NC(=O)C[NH2+]C12CC3CC(CC(C3)C1)C2. The molecule has 0 atom stereocenters. The Bertz CT molecular complexity index is 626. The number of nitrogens with two attached hydrogens (primary N) is 1. The lowest BCUT2D eigenvalue weighted by atomic mass is 9.53. The molecule has 1 aromatic rings. The fourth-order valence-corrected chi connectivity index (χ4v) is 5.63. The molecule has 0 spiro atoms. The summed E-state index contributed by atoms with van der Waals surface area (Å²) in [4.78, 5) is 12.3. The molecule has 4 aliphatic rings. The maximum absolute atomic E-state index is 12.3. The summed E-state index contributed by atoms with van der Waals surface area (Å²) in [6, 6.07) is 9.32. The fraction of sp³-hybridized carbons (Fsp3) is 0.579. The second-order valence-corrected chi connectivity index (χ2v) is 7.89. The van der Waals surface area contributed by atoms with E-state index in [0.29, 0.717) is 23.3 Å². The maximum atomic E-state index is 12.3. The van der Waals surface area contributed by atoms with Gasteiger partial charge in [-0.2, -0.15) is 5.26 Å². The lowest BCUT2D eigenvalue weighted by molar-refractivity contribution is -0.729. The molecule has 4 heteroatoms. The van der Waals surface area contributed by atoms with Crippen LogP contribution in [0.15, 0.2) is 24.3 Å². The van der Waals surface area contributed by atoms with E-state index in [1.54, 1.807) is 12.1 Å². The predicted molar refractivity (Wildman–Crippen MR) is 87.5 cm³/mol. The average Bonchev–Trinajstić information content (AvgIpc) is 2.52. The third kappa shape index (κ3) is 2.86. The molecule has 0 saturated heterocycles. The zero-order chi connectivity index (χ0) is 15.9. The molecule has 0 aromatic heterocycles. The van der Waals surface area contributed by atoms with Gasteiger partial charge in [0.2, 0.25) is 0 Å². The third-order valence-electron chi connectivity index (χ3n) is 6.13. The highest BCUT2D eigenvalue weighted by Crippen LogP contribution is 2.54. The lowest BCUT2D eigenvalue weighted by Gasteiger charge is -2.54. The molecular weight excluding hydrogens is 286 g/mol. The Morgan fingerprint density at radius 2 is 1.78 bits per heavy atom. The van der Waals surface area contributed by atoms with Gasteiger partial charge in [0.25, 0.3) is 5.91 Å². The first-order valence-electron chi connectivity index (χ1n) is 8.79. The van der Waals surface area contributed by atoms with E-state index in [1.165, 1.54) is 38.5 Å². The van der Waals surface area contributed by atoms with Crippen molar-refractivity contribution in [1.29, 1.82) is 5.26 Å². The van der Waals surface area contributed by atoms with Crippen LogP contribution in [0.4, 0.5) is 5.69 Å². The Balaban J connectivity index is 1.38. The van der Waals surface area contributed by atoms with Crippen LogP contribution >= 0.6 is 0 Å². The molecule has 4 fully saturated rings. The number of rotatable bonds is 4. The predicted octanol–water partition coefficient (Wildman–Crippen LogP) is 2.03. The normalized spacial score (nSPS) is 34.1. The summed E-state index contributed by atoms with van der Waals surface area (Å²) in [5.74, 6) is 2.71. The largest absolute Gasteiger partial charge is 0.334 e. The van der Waals surface area contributed by atoms with Gasteiger partial charge in [-0.25, -0.2) is 0 Å². The quantitative estimate of drug-likeness (QED) is 0.893. The summed E-state index contributed by atoms with van der Waals surface area (Å²) in [7, 11) is 0. The van der Waals surface area contributed by atoms with Crippen molar-refractivity contribution in [2.24, 2.45) is 17.8 Å². The van der Waals surface area contributed by atoms with Crippen LogP contribution < -0.4 is 10.6 Å². The first-order valence-corrected chi connectivity index (χ1v) is 8.79. The van der Waals surface area contributed by atoms with Crippen molar-refractivity contribution >= 4 is 11.6 Å². The summed E-state index contributed by atoms with van der Waals surface area (Å²) in [5, 5.41) is 14.3. The van der Waals surface area contributed by atoms with Crippen molar-refractivity contribution in [1.82, 2.24) is 0 Å². The van der Waals surface area contributed by atoms with Crippen molar-refractivity contribution in [2.75, 3.05) is 11.9 Å². The molecule has 0 heterocycles. The molecule has 23 heavy (non-hydrogen) atoms. The first kappa shape index (κ1) is 14.7. The van der Waals surface area contributed by atoms with Gasteiger partial charge in [-0.3, -0.25) is 4.79 Å². The zero-order valence-electron chi connectivity index (χ0n) is 13.4. The smallest absolute Gasteiger partial charge is 0.279 e. The van der Waals surface area contributed by atoms with Gasteiger partial charge in [0, 0.05) is 19.3 Å². The van der Waals surface area contributed by atoms with Crippen molar-refractivity contribution in [2.45, 2.75) is 44.1 Å². The topological polar surface area (TPSA) is 69.5 Å². The summed E-state index contributed by atoms with van der Waals surface area (Å²) in [6.07, 6.45) is 8.15. The van der Waals surface area contributed by atoms with E-state index < -0.39 is 0 Å². The number of carbonyl (C=O) groups is 1. The molecule has 0 radical (unpaired) electrons. The number of amides is 1. The minimum Gasteiger partial charge on any atom is -0.334 e. The van der Waals surface area contributed by atoms with E-state index in [1.807, 2.05) is 12.1 Å². The minimum atomic E-state index is 0.00319. The van der Waals surface area contributed by atoms with E-state index in [-0.39, 0.29) is 5.91 Å². The van der Waals surface area contributed by atoms with Crippen LogP contribution in [0.2, 0.25) is 0 Å². The van der Waals surface area contributed by atoms with Gasteiger partial charge >= 0.3 is 0 Å². The number of quaternary nitrogens is 1. The average molecular weight is 310 g/mol. The molecule has 3 N–H and O–H groups in total. The lowest BCUT2D eigenvalue weighted by Crippen LogP contribution is -3.00. The second kappa shape index (κ2) is 5.65. The van der Waals surface area contributed by atoms with Crippen LogP contribution in [0.25, 0.3) is 0 Å². The summed E-state index contributed by atoms with van der Waals surface area (Å²) in [5.41, 5.74) is 1.47. The second-order valence-electron chi connectivity index (χ2n) is 7.89. The monoisotopic (exact) mass is 310 g/mol. The van der Waals surface area contributed by atoms with E-state index in [4.69, 9.17) is 5.26 Å². The standard InChI is InChI=1S/C19H23N3O/c20-11-16-3-1-2-4-17(16)22-18(23)12-21-19-8-13-5-14(9-19)7-15(6-13)10-19/h1-4,13-15,21H,5-10,12H2,(H,22,23)/p+1. The number of nitrogens with zero attached hydrogens (tertiary/aromatic N) is 1. The maximum Gasteiger partial charge on any atom is 0.279 e. The number of benzene rings is 1. The van der Waals surface area contributed by atoms with Gasteiger partial charge in [0.15, 0.2) is 6.54 Å². The van der Waals surface area contributed by atoms with Gasteiger partial charge in [0.1, 0.15) is 6.07 Å². The van der Waals surface area contributed by atoms with Crippen LogP contribution in [0, 0.1) is 29.1 Å². The highest BCUT2D eigenvalue weighted by molar-refractivity contribution is 5.92. The molecule has 5 rings (SSSR count).